The lowest BCUT2D eigenvalue weighted by Crippen LogP contribution is -2.38. The molecule has 1 aliphatic rings. The number of rotatable bonds is 7. The average molecular weight is 479 g/mol. The third-order valence-corrected chi connectivity index (χ3v) is 5.81. The molecule has 8 heteroatoms. The molecule has 0 saturated carbocycles. The maximum atomic E-state index is 13.3. The van der Waals surface area contributed by atoms with E-state index in [2.05, 4.69) is 5.32 Å². The molecule has 182 valence electrons. The summed E-state index contributed by atoms with van der Waals surface area (Å²) >= 11 is 0. The molecule has 4 rings (SSSR count). The summed E-state index contributed by atoms with van der Waals surface area (Å²) in [6, 6.07) is 16.3. The van der Waals surface area contributed by atoms with E-state index in [0.717, 1.165) is 11.1 Å². The molecule has 0 aromatic heterocycles. The molecule has 1 heterocycles. The highest BCUT2D eigenvalue weighted by Gasteiger charge is 2.30. The van der Waals surface area contributed by atoms with Gasteiger partial charge in [0.1, 0.15) is 23.1 Å². The van der Waals surface area contributed by atoms with Gasteiger partial charge in [-0.15, -0.1) is 0 Å². The fraction of sp³-hybridized carbons (Fsp3) is 0.259. The zero-order chi connectivity index (χ0) is 24.9. The summed E-state index contributed by atoms with van der Waals surface area (Å²) in [5.74, 6) is 0.804. The first-order valence-corrected chi connectivity index (χ1v) is 11.3. The number of nitrogens with one attached hydrogen (secondary N) is 1. The molecule has 1 N–H and O–H groups in total. The van der Waals surface area contributed by atoms with Crippen molar-refractivity contribution in [3.63, 3.8) is 0 Å². The van der Waals surface area contributed by atoms with Gasteiger partial charge in [-0.25, -0.2) is 4.39 Å². The van der Waals surface area contributed by atoms with E-state index in [4.69, 9.17) is 14.2 Å². The van der Waals surface area contributed by atoms with Crippen LogP contribution in [0.25, 0.3) is 0 Å². The zero-order valence-electron chi connectivity index (χ0n) is 19.8. The lowest BCUT2D eigenvalue weighted by molar-refractivity contribution is -0.139. The number of hydrogen-bond donors (Lipinski definition) is 1. The van der Waals surface area contributed by atoms with Gasteiger partial charge in [0.2, 0.25) is 0 Å². The molecule has 0 aliphatic carbocycles. The maximum Gasteiger partial charge on any atom is 0.264 e. The fourth-order valence-corrected chi connectivity index (χ4v) is 3.93. The van der Waals surface area contributed by atoms with Crippen LogP contribution in [0.1, 0.15) is 34.8 Å². The molecule has 0 spiro atoms. The van der Waals surface area contributed by atoms with E-state index in [1.165, 1.54) is 26.4 Å². The predicted octanol–water partition coefficient (Wildman–Crippen LogP) is 4.80. The van der Waals surface area contributed by atoms with Crippen LogP contribution in [0, 0.1) is 5.82 Å². The predicted molar refractivity (Wildman–Crippen MR) is 129 cm³/mol. The van der Waals surface area contributed by atoms with Crippen molar-refractivity contribution in [2.45, 2.75) is 32.5 Å². The minimum absolute atomic E-state index is 0.137. The van der Waals surface area contributed by atoms with Crippen molar-refractivity contribution in [3.8, 4) is 17.2 Å². The number of carbonyl (C=O) groups excluding carboxylic acids is 2. The number of halogens is 1. The Morgan fingerprint density at radius 1 is 1.06 bits per heavy atom. The number of carbonyl (C=O) groups is 2. The summed E-state index contributed by atoms with van der Waals surface area (Å²) in [4.78, 5) is 27.7. The number of amides is 2. The highest BCUT2D eigenvalue weighted by Crippen LogP contribution is 2.31. The molecular weight excluding hydrogens is 451 g/mol. The van der Waals surface area contributed by atoms with Crippen molar-refractivity contribution in [2.75, 3.05) is 19.5 Å². The molecule has 7 nitrogen and oxygen atoms in total. The van der Waals surface area contributed by atoms with Gasteiger partial charge in [-0.3, -0.25) is 9.59 Å². The standard InChI is InChI=1S/C27H27FN2O5/c1-4-24-27(32)30(15-17-5-7-20(28)8-6-17)16-19-11-21(9-10-25(19)35-24)29-26(31)18-12-22(33-2)14-23(13-18)34-3/h5-14,24H,4,15-16H2,1-3H3,(H,29,31). The topological polar surface area (TPSA) is 77.1 Å². The van der Waals surface area contributed by atoms with E-state index in [0.29, 0.717) is 48.0 Å². The van der Waals surface area contributed by atoms with Crippen LogP contribution in [0.3, 0.4) is 0 Å². The lowest BCUT2D eigenvalue weighted by atomic mass is 10.1. The molecule has 3 aromatic rings. The monoisotopic (exact) mass is 478 g/mol. The second-order valence-electron chi connectivity index (χ2n) is 8.21. The molecule has 2 amide bonds. The second-order valence-corrected chi connectivity index (χ2v) is 8.21. The van der Waals surface area contributed by atoms with Gasteiger partial charge >= 0.3 is 0 Å². The van der Waals surface area contributed by atoms with Crippen LogP contribution in [0.2, 0.25) is 0 Å². The molecule has 0 fully saturated rings. The summed E-state index contributed by atoms with van der Waals surface area (Å²) in [6.45, 7) is 2.50. The second kappa shape index (κ2) is 10.5. The van der Waals surface area contributed by atoms with Gasteiger partial charge in [0, 0.05) is 36.0 Å². The lowest BCUT2D eigenvalue weighted by Gasteiger charge is -2.23. The van der Waals surface area contributed by atoms with Crippen LogP contribution in [-0.4, -0.2) is 37.0 Å². The molecule has 0 radical (unpaired) electrons. The Kier molecular flexibility index (Phi) is 7.19. The molecule has 3 aromatic carbocycles. The van der Waals surface area contributed by atoms with Crippen LogP contribution < -0.4 is 19.5 Å². The maximum absolute atomic E-state index is 13.3. The molecule has 0 bridgehead atoms. The van der Waals surface area contributed by atoms with E-state index in [-0.39, 0.29) is 17.6 Å². The third-order valence-electron chi connectivity index (χ3n) is 5.81. The number of hydrogen-bond acceptors (Lipinski definition) is 5. The van der Waals surface area contributed by atoms with Gasteiger partial charge in [-0.1, -0.05) is 19.1 Å². The van der Waals surface area contributed by atoms with E-state index in [1.54, 1.807) is 53.4 Å². The molecule has 0 saturated heterocycles. The highest BCUT2D eigenvalue weighted by molar-refractivity contribution is 6.05. The van der Waals surface area contributed by atoms with Gasteiger partial charge in [0.05, 0.1) is 14.2 Å². The first kappa shape index (κ1) is 24.1. The largest absolute Gasteiger partial charge is 0.497 e. The van der Waals surface area contributed by atoms with Crippen molar-refractivity contribution in [2.24, 2.45) is 0 Å². The molecule has 1 aliphatic heterocycles. The summed E-state index contributed by atoms with van der Waals surface area (Å²) < 4.78 is 29.8. The Morgan fingerprint density at radius 3 is 2.37 bits per heavy atom. The number of benzene rings is 3. The Bertz CT molecular complexity index is 1210. The SMILES string of the molecule is CCC1Oc2ccc(NC(=O)c3cc(OC)cc(OC)c3)cc2CN(Cc2ccc(F)cc2)C1=O. The van der Waals surface area contributed by atoms with Gasteiger partial charge < -0.3 is 24.4 Å². The number of anilines is 1. The quantitative estimate of drug-likeness (QED) is 0.528. The molecule has 35 heavy (non-hydrogen) atoms. The highest BCUT2D eigenvalue weighted by atomic mass is 19.1. The first-order valence-electron chi connectivity index (χ1n) is 11.3. The molecule has 1 unspecified atom stereocenters. The summed E-state index contributed by atoms with van der Waals surface area (Å²) in [6.07, 6.45) is -0.115. The third kappa shape index (κ3) is 5.54. The Hall–Kier alpha value is -4.07. The van der Waals surface area contributed by atoms with Crippen LogP contribution in [0.4, 0.5) is 10.1 Å². The summed E-state index contributed by atoms with van der Waals surface area (Å²) in [7, 11) is 3.04. The van der Waals surface area contributed by atoms with Crippen molar-refractivity contribution < 1.29 is 28.2 Å². The van der Waals surface area contributed by atoms with E-state index in [1.807, 2.05) is 6.92 Å². The summed E-state index contributed by atoms with van der Waals surface area (Å²) in [5, 5.41) is 2.89. The fourth-order valence-electron chi connectivity index (χ4n) is 3.93. The van der Waals surface area contributed by atoms with Crippen molar-refractivity contribution in [1.82, 2.24) is 4.90 Å². The van der Waals surface area contributed by atoms with Crippen LogP contribution >= 0.6 is 0 Å². The van der Waals surface area contributed by atoms with Gasteiger partial charge in [-0.05, 0) is 54.4 Å². The zero-order valence-corrected chi connectivity index (χ0v) is 19.8. The van der Waals surface area contributed by atoms with E-state index >= 15 is 0 Å². The van der Waals surface area contributed by atoms with E-state index < -0.39 is 6.10 Å². The molecular formula is C27H27FN2O5. The van der Waals surface area contributed by atoms with E-state index in [9.17, 15) is 14.0 Å². The van der Waals surface area contributed by atoms with Crippen molar-refractivity contribution >= 4 is 17.5 Å². The Labute approximate surface area is 203 Å². The molecule has 1 atom stereocenters. The Balaban J connectivity index is 1.58. The number of nitrogens with zero attached hydrogens (tertiary/aromatic N) is 1. The van der Waals surface area contributed by atoms with Crippen LogP contribution in [0.5, 0.6) is 17.2 Å². The number of ether oxygens (including phenoxy) is 3. The van der Waals surface area contributed by atoms with Gasteiger partial charge in [0.25, 0.3) is 11.8 Å². The average Bonchev–Trinajstić information content (AvgIpc) is 3.00. The van der Waals surface area contributed by atoms with Crippen molar-refractivity contribution in [3.05, 3.63) is 83.2 Å². The van der Waals surface area contributed by atoms with Crippen LogP contribution in [-0.2, 0) is 17.9 Å². The van der Waals surface area contributed by atoms with Gasteiger partial charge in [-0.2, -0.15) is 0 Å². The number of fused-ring (bicyclic) bond motifs is 1. The van der Waals surface area contributed by atoms with Gasteiger partial charge in [0.15, 0.2) is 6.10 Å². The van der Waals surface area contributed by atoms with Crippen LogP contribution in [0.15, 0.2) is 60.7 Å². The minimum Gasteiger partial charge on any atom is -0.497 e. The number of methoxy groups -OCH3 is 2. The summed E-state index contributed by atoms with van der Waals surface area (Å²) in [5.41, 5.74) is 2.52. The smallest absolute Gasteiger partial charge is 0.264 e. The van der Waals surface area contributed by atoms with Crippen molar-refractivity contribution in [1.29, 1.82) is 0 Å². The first-order chi connectivity index (χ1) is 16.9. The normalized spacial score (nSPS) is 15.0. The Morgan fingerprint density at radius 2 is 1.74 bits per heavy atom. The minimum atomic E-state index is -0.624.